The van der Waals surface area contributed by atoms with Gasteiger partial charge in [-0.1, -0.05) is 25.1 Å². The Labute approximate surface area is 178 Å². The van der Waals surface area contributed by atoms with Crippen LogP contribution in [-0.4, -0.2) is 36.7 Å². The highest BCUT2D eigenvalue weighted by Gasteiger charge is 2.17. The van der Waals surface area contributed by atoms with E-state index in [0.717, 1.165) is 43.2 Å². The third-order valence-corrected chi connectivity index (χ3v) is 4.44. The topological polar surface area (TPSA) is 75.8 Å². The molecule has 146 valence electrons. The van der Waals surface area contributed by atoms with Crippen LogP contribution in [0.4, 0.5) is 11.5 Å². The lowest BCUT2D eigenvalue weighted by Gasteiger charge is -2.32. The van der Waals surface area contributed by atoms with Crippen molar-refractivity contribution in [3.8, 4) is 0 Å². The van der Waals surface area contributed by atoms with E-state index in [9.17, 15) is 0 Å². The average Bonchev–Trinajstić information content (AvgIpc) is 2.67. The number of guanidine groups is 1. The van der Waals surface area contributed by atoms with Gasteiger partial charge in [-0.3, -0.25) is 0 Å². The fraction of sp³-hybridized carbons (Fsp3) is 0.400. The van der Waals surface area contributed by atoms with Gasteiger partial charge in [-0.15, -0.1) is 24.0 Å². The van der Waals surface area contributed by atoms with Crippen molar-refractivity contribution in [2.45, 2.75) is 32.9 Å². The normalized spacial score (nSPS) is 17.3. The number of rotatable bonds is 5. The van der Waals surface area contributed by atoms with Gasteiger partial charge in [0.15, 0.2) is 5.96 Å². The number of anilines is 2. The SMILES string of the molecule is CCc1ccc(NC(N)=NCc2ccc(N3CCOC(C)C3)nc2)cc1.I. The van der Waals surface area contributed by atoms with Crippen LogP contribution in [0.3, 0.4) is 0 Å². The number of hydrogen-bond donors (Lipinski definition) is 2. The molecule has 0 radical (unpaired) electrons. The van der Waals surface area contributed by atoms with E-state index < -0.39 is 0 Å². The fourth-order valence-electron chi connectivity index (χ4n) is 2.91. The molecule has 1 saturated heterocycles. The maximum Gasteiger partial charge on any atom is 0.193 e. The summed E-state index contributed by atoms with van der Waals surface area (Å²) in [5, 5.41) is 3.12. The molecule has 1 atom stereocenters. The van der Waals surface area contributed by atoms with Crippen molar-refractivity contribution in [1.29, 1.82) is 0 Å². The summed E-state index contributed by atoms with van der Waals surface area (Å²) in [5.74, 6) is 1.38. The second kappa shape index (κ2) is 10.5. The highest BCUT2D eigenvalue weighted by atomic mass is 127. The molecule has 0 bridgehead atoms. The predicted molar refractivity (Wildman–Crippen MR) is 122 cm³/mol. The summed E-state index contributed by atoms with van der Waals surface area (Å²) in [5.41, 5.74) is 9.25. The number of aliphatic imine (C=N–C) groups is 1. The lowest BCUT2D eigenvalue weighted by molar-refractivity contribution is 0.0529. The molecule has 1 aromatic carbocycles. The fourth-order valence-corrected chi connectivity index (χ4v) is 2.91. The highest BCUT2D eigenvalue weighted by Crippen LogP contribution is 2.16. The van der Waals surface area contributed by atoms with Crippen molar-refractivity contribution < 1.29 is 4.74 Å². The summed E-state index contributed by atoms with van der Waals surface area (Å²) >= 11 is 0. The van der Waals surface area contributed by atoms with Crippen LogP contribution in [-0.2, 0) is 17.7 Å². The van der Waals surface area contributed by atoms with Gasteiger partial charge in [0.05, 0.1) is 19.3 Å². The van der Waals surface area contributed by atoms with Gasteiger partial charge in [-0.25, -0.2) is 9.98 Å². The molecule has 3 rings (SSSR count). The van der Waals surface area contributed by atoms with E-state index in [2.05, 4.69) is 52.2 Å². The van der Waals surface area contributed by atoms with Crippen molar-refractivity contribution in [2.24, 2.45) is 10.7 Å². The summed E-state index contributed by atoms with van der Waals surface area (Å²) in [6, 6.07) is 12.3. The Kier molecular flexibility index (Phi) is 8.30. The summed E-state index contributed by atoms with van der Waals surface area (Å²) in [6.07, 6.45) is 3.13. The van der Waals surface area contributed by atoms with Gasteiger partial charge in [-0.2, -0.15) is 0 Å². The second-order valence-electron chi connectivity index (χ2n) is 6.53. The zero-order valence-electron chi connectivity index (χ0n) is 15.9. The first-order valence-corrected chi connectivity index (χ1v) is 9.11. The molecule has 3 N–H and O–H groups in total. The molecule has 7 heteroatoms. The Morgan fingerprint density at radius 2 is 2.00 bits per heavy atom. The zero-order chi connectivity index (χ0) is 18.4. The summed E-state index contributed by atoms with van der Waals surface area (Å²) in [6.45, 7) is 7.22. The van der Waals surface area contributed by atoms with Crippen molar-refractivity contribution in [1.82, 2.24) is 4.98 Å². The van der Waals surface area contributed by atoms with Gasteiger partial charge < -0.3 is 20.7 Å². The maximum absolute atomic E-state index is 5.98. The average molecular weight is 481 g/mol. The zero-order valence-corrected chi connectivity index (χ0v) is 18.2. The van der Waals surface area contributed by atoms with Crippen molar-refractivity contribution in [2.75, 3.05) is 29.9 Å². The van der Waals surface area contributed by atoms with E-state index in [0.29, 0.717) is 12.5 Å². The quantitative estimate of drug-likeness (QED) is 0.389. The Morgan fingerprint density at radius 3 is 2.63 bits per heavy atom. The van der Waals surface area contributed by atoms with Gasteiger partial charge in [0.25, 0.3) is 0 Å². The van der Waals surface area contributed by atoms with E-state index in [1.165, 1.54) is 5.56 Å². The first kappa shape index (κ1) is 21.4. The van der Waals surface area contributed by atoms with Crippen LogP contribution in [0.1, 0.15) is 25.0 Å². The van der Waals surface area contributed by atoms with Crippen molar-refractivity contribution in [3.63, 3.8) is 0 Å². The number of morpholine rings is 1. The summed E-state index contributed by atoms with van der Waals surface area (Å²) in [7, 11) is 0. The molecule has 2 heterocycles. The Bertz CT molecular complexity index is 733. The van der Waals surface area contributed by atoms with Gasteiger partial charge in [0, 0.05) is 25.0 Å². The Balaban J connectivity index is 0.00000261. The first-order chi connectivity index (χ1) is 12.6. The number of hydrogen-bond acceptors (Lipinski definition) is 4. The van der Waals surface area contributed by atoms with Crippen LogP contribution in [0.15, 0.2) is 47.6 Å². The number of nitrogens with one attached hydrogen (secondary N) is 1. The lowest BCUT2D eigenvalue weighted by atomic mass is 10.1. The molecule has 0 saturated carbocycles. The monoisotopic (exact) mass is 481 g/mol. The summed E-state index contributed by atoms with van der Waals surface area (Å²) in [4.78, 5) is 11.2. The molecule has 1 aromatic heterocycles. The summed E-state index contributed by atoms with van der Waals surface area (Å²) < 4.78 is 5.57. The molecule has 0 amide bonds. The van der Waals surface area contributed by atoms with E-state index in [1.54, 1.807) is 0 Å². The molecular formula is C20H28IN5O. The first-order valence-electron chi connectivity index (χ1n) is 9.11. The number of nitrogens with zero attached hydrogens (tertiary/aromatic N) is 3. The van der Waals surface area contributed by atoms with Crippen LogP contribution in [0, 0.1) is 0 Å². The number of nitrogens with two attached hydrogens (primary N) is 1. The molecule has 1 fully saturated rings. The molecule has 1 aliphatic heterocycles. The third-order valence-electron chi connectivity index (χ3n) is 4.44. The van der Waals surface area contributed by atoms with E-state index in [-0.39, 0.29) is 30.1 Å². The lowest BCUT2D eigenvalue weighted by Crippen LogP contribution is -2.41. The van der Waals surface area contributed by atoms with Gasteiger partial charge in [0.1, 0.15) is 5.82 Å². The van der Waals surface area contributed by atoms with Gasteiger partial charge >= 0.3 is 0 Å². The number of aryl methyl sites for hydroxylation is 1. The number of halogens is 1. The minimum atomic E-state index is 0. The molecule has 0 aliphatic carbocycles. The molecule has 2 aromatic rings. The van der Waals surface area contributed by atoms with Crippen LogP contribution >= 0.6 is 24.0 Å². The van der Waals surface area contributed by atoms with Gasteiger partial charge in [-0.05, 0) is 42.7 Å². The predicted octanol–water partition coefficient (Wildman–Crippen LogP) is 3.41. The van der Waals surface area contributed by atoms with Crippen LogP contribution < -0.4 is 16.0 Å². The largest absolute Gasteiger partial charge is 0.375 e. The molecule has 1 unspecified atom stereocenters. The number of aromatic nitrogens is 1. The van der Waals surface area contributed by atoms with E-state index in [4.69, 9.17) is 10.5 Å². The number of pyridine rings is 1. The molecule has 27 heavy (non-hydrogen) atoms. The minimum absolute atomic E-state index is 0. The van der Waals surface area contributed by atoms with E-state index >= 15 is 0 Å². The Hall–Kier alpha value is -1.87. The van der Waals surface area contributed by atoms with Gasteiger partial charge in [0.2, 0.25) is 0 Å². The maximum atomic E-state index is 5.98. The Morgan fingerprint density at radius 1 is 1.26 bits per heavy atom. The van der Waals surface area contributed by atoms with Crippen molar-refractivity contribution in [3.05, 3.63) is 53.7 Å². The van der Waals surface area contributed by atoms with E-state index in [1.807, 2.05) is 24.4 Å². The molecule has 6 nitrogen and oxygen atoms in total. The van der Waals surface area contributed by atoms with Crippen LogP contribution in [0.2, 0.25) is 0 Å². The number of benzene rings is 1. The molecular weight excluding hydrogens is 453 g/mol. The minimum Gasteiger partial charge on any atom is -0.375 e. The highest BCUT2D eigenvalue weighted by molar-refractivity contribution is 14.0. The third kappa shape index (κ3) is 6.35. The number of ether oxygens (including phenoxy) is 1. The standard InChI is InChI=1S/C20H27N5O.HI/c1-3-16-4-7-18(8-5-16)24-20(21)23-13-17-6-9-19(22-12-17)25-10-11-26-15(2)14-25;/h4-9,12,15H,3,10-11,13-14H2,1-2H3,(H3,21,23,24);1H. The van der Waals surface area contributed by atoms with Crippen LogP contribution in [0.25, 0.3) is 0 Å². The van der Waals surface area contributed by atoms with Crippen molar-refractivity contribution >= 4 is 41.4 Å². The molecule has 1 aliphatic rings. The smallest absolute Gasteiger partial charge is 0.193 e. The second-order valence-corrected chi connectivity index (χ2v) is 6.53. The molecule has 0 spiro atoms. The van der Waals surface area contributed by atoms with Crippen LogP contribution in [0.5, 0.6) is 0 Å².